The van der Waals surface area contributed by atoms with Gasteiger partial charge in [0.15, 0.2) is 0 Å². The molecule has 20 heavy (non-hydrogen) atoms. The summed E-state index contributed by atoms with van der Waals surface area (Å²) in [6.45, 7) is 2.55. The Morgan fingerprint density at radius 2 is 1.85 bits per heavy atom. The van der Waals surface area contributed by atoms with Crippen molar-refractivity contribution in [3.63, 3.8) is 0 Å². The molecule has 4 nitrogen and oxygen atoms in total. The summed E-state index contributed by atoms with van der Waals surface area (Å²) in [5, 5.41) is 3.03. The van der Waals surface area contributed by atoms with E-state index in [9.17, 15) is 9.59 Å². The van der Waals surface area contributed by atoms with Crippen LogP contribution >= 0.6 is 0 Å². The molecule has 1 saturated carbocycles. The molecule has 4 heteroatoms. The summed E-state index contributed by atoms with van der Waals surface area (Å²) in [5.74, 6) is -0.0650. The van der Waals surface area contributed by atoms with E-state index in [1.54, 1.807) is 11.0 Å². The van der Waals surface area contributed by atoms with Crippen LogP contribution in [0.5, 0.6) is 0 Å². The molecule has 1 spiro atoms. The zero-order valence-electron chi connectivity index (χ0n) is 11.8. The molecule has 106 valence electrons. The molecule has 2 amide bonds. The van der Waals surface area contributed by atoms with Gasteiger partial charge in [-0.3, -0.25) is 9.59 Å². The molecule has 1 aromatic carbocycles. The van der Waals surface area contributed by atoms with Crippen molar-refractivity contribution in [1.29, 1.82) is 0 Å². The Balaban J connectivity index is 2.10. The lowest BCUT2D eigenvalue weighted by Crippen LogP contribution is -2.58. The average molecular weight is 272 g/mol. The van der Waals surface area contributed by atoms with Crippen molar-refractivity contribution in [3.8, 4) is 0 Å². The van der Waals surface area contributed by atoms with Crippen LogP contribution in [0.25, 0.3) is 0 Å². The molecule has 1 aliphatic carbocycles. The highest BCUT2D eigenvalue weighted by Crippen LogP contribution is 2.35. The number of fused-ring (bicyclic) bond motifs is 1. The van der Waals surface area contributed by atoms with E-state index in [4.69, 9.17) is 0 Å². The summed E-state index contributed by atoms with van der Waals surface area (Å²) >= 11 is 0. The topological polar surface area (TPSA) is 49.4 Å². The first kappa shape index (κ1) is 13.2. The van der Waals surface area contributed by atoms with E-state index in [-0.39, 0.29) is 11.8 Å². The van der Waals surface area contributed by atoms with Gasteiger partial charge in [-0.2, -0.15) is 0 Å². The van der Waals surface area contributed by atoms with Crippen molar-refractivity contribution in [2.45, 2.75) is 44.6 Å². The Kier molecular flexibility index (Phi) is 3.24. The van der Waals surface area contributed by atoms with Gasteiger partial charge in [-0.15, -0.1) is 0 Å². The summed E-state index contributed by atoms with van der Waals surface area (Å²) in [6.07, 6.45) is 4.65. The van der Waals surface area contributed by atoms with Crippen LogP contribution in [0, 0.1) is 0 Å². The van der Waals surface area contributed by atoms with E-state index in [0.29, 0.717) is 12.1 Å². The van der Waals surface area contributed by atoms with Gasteiger partial charge in [0, 0.05) is 6.54 Å². The number of para-hydroxylation sites is 1. The Morgan fingerprint density at radius 3 is 2.55 bits per heavy atom. The highest BCUT2D eigenvalue weighted by atomic mass is 16.2. The van der Waals surface area contributed by atoms with Gasteiger partial charge in [-0.05, 0) is 31.9 Å². The number of anilines is 1. The average Bonchev–Trinajstić information content (AvgIpc) is 2.56. The lowest BCUT2D eigenvalue weighted by Gasteiger charge is -2.37. The van der Waals surface area contributed by atoms with Crippen LogP contribution in [0.15, 0.2) is 24.3 Å². The van der Waals surface area contributed by atoms with Gasteiger partial charge in [-0.25, -0.2) is 0 Å². The zero-order valence-corrected chi connectivity index (χ0v) is 11.8. The van der Waals surface area contributed by atoms with Crippen LogP contribution in [-0.4, -0.2) is 23.9 Å². The first-order valence-electron chi connectivity index (χ1n) is 7.41. The molecule has 0 unspecified atom stereocenters. The first-order chi connectivity index (χ1) is 9.68. The number of hydrogen-bond acceptors (Lipinski definition) is 2. The number of benzene rings is 1. The molecule has 2 aliphatic rings. The fraction of sp³-hybridized carbons (Fsp3) is 0.500. The summed E-state index contributed by atoms with van der Waals surface area (Å²) in [6, 6.07) is 7.37. The third kappa shape index (κ3) is 1.90. The quantitative estimate of drug-likeness (QED) is 0.854. The number of carbonyl (C=O) groups is 2. The number of nitrogens with one attached hydrogen (secondary N) is 1. The molecule has 1 fully saturated rings. The van der Waals surface area contributed by atoms with Gasteiger partial charge in [0.05, 0.1) is 11.3 Å². The van der Waals surface area contributed by atoms with Crippen molar-refractivity contribution in [3.05, 3.63) is 29.8 Å². The number of hydrogen-bond donors (Lipinski definition) is 1. The molecular weight excluding hydrogens is 252 g/mol. The van der Waals surface area contributed by atoms with Crippen LogP contribution < -0.4 is 10.2 Å². The van der Waals surface area contributed by atoms with E-state index in [1.807, 2.05) is 25.1 Å². The third-order valence-electron chi connectivity index (χ3n) is 4.47. The van der Waals surface area contributed by atoms with E-state index < -0.39 is 5.54 Å². The van der Waals surface area contributed by atoms with Crippen LogP contribution in [0.1, 0.15) is 49.4 Å². The maximum atomic E-state index is 13.0. The van der Waals surface area contributed by atoms with Crippen molar-refractivity contribution in [2.24, 2.45) is 0 Å². The fourth-order valence-corrected chi connectivity index (χ4v) is 3.42. The van der Waals surface area contributed by atoms with Crippen LogP contribution in [0.3, 0.4) is 0 Å². The molecule has 1 heterocycles. The predicted molar refractivity (Wildman–Crippen MR) is 77.8 cm³/mol. The SMILES string of the molecule is CCN1C(=O)C2(CCCCC2)NC(=O)c2ccccc21. The van der Waals surface area contributed by atoms with Gasteiger partial charge in [0.25, 0.3) is 11.8 Å². The normalized spacial score (nSPS) is 21.4. The number of carbonyl (C=O) groups excluding carboxylic acids is 2. The largest absolute Gasteiger partial charge is 0.338 e. The minimum Gasteiger partial charge on any atom is -0.338 e. The number of rotatable bonds is 1. The second-order valence-corrected chi connectivity index (χ2v) is 5.66. The molecule has 0 atom stereocenters. The van der Waals surface area contributed by atoms with Crippen molar-refractivity contribution in [1.82, 2.24) is 5.32 Å². The molecule has 1 aromatic rings. The minimum absolute atomic E-state index is 0.0537. The molecular formula is C16H20N2O2. The van der Waals surface area contributed by atoms with Gasteiger partial charge in [0.1, 0.15) is 5.54 Å². The lowest BCUT2D eigenvalue weighted by molar-refractivity contribution is -0.125. The molecule has 1 N–H and O–H groups in total. The number of likely N-dealkylation sites (N-methyl/N-ethyl adjacent to an activating group) is 1. The maximum Gasteiger partial charge on any atom is 0.254 e. The van der Waals surface area contributed by atoms with Crippen LogP contribution in [0.2, 0.25) is 0 Å². The van der Waals surface area contributed by atoms with E-state index in [1.165, 1.54) is 0 Å². The molecule has 3 rings (SSSR count). The fourth-order valence-electron chi connectivity index (χ4n) is 3.42. The number of amides is 2. The standard InChI is InChI=1S/C16H20N2O2/c1-2-18-13-9-5-4-8-12(13)14(19)17-16(15(18)20)10-6-3-7-11-16/h4-5,8-9H,2-3,6-7,10-11H2,1H3,(H,17,19). The smallest absolute Gasteiger partial charge is 0.254 e. The van der Waals surface area contributed by atoms with Crippen molar-refractivity contribution in [2.75, 3.05) is 11.4 Å². The lowest BCUT2D eigenvalue weighted by atomic mass is 9.80. The van der Waals surface area contributed by atoms with Gasteiger partial charge >= 0.3 is 0 Å². The van der Waals surface area contributed by atoms with Gasteiger partial charge in [-0.1, -0.05) is 31.4 Å². The summed E-state index contributed by atoms with van der Waals surface area (Å²) < 4.78 is 0. The highest BCUT2D eigenvalue weighted by molar-refractivity contribution is 6.12. The summed E-state index contributed by atoms with van der Waals surface area (Å²) in [4.78, 5) is 27.2. The second-order valence-electron chi connectivity index (χ2n) is 5.66. The Morgan fingerprint density at radius 1 is 1.15 bits per heavy atom. The molecule has 0 saturated heterocycles. The van der Waals surface area contributed by atoms with Crippen molar-refractivity contribution < 1.29 is 9.59 Å². The van der Waals surface area contributed by atoms with Crippen LogP contribution in [-0.2, 0) is 4.79 Å². The molecule has 0 bridgehead atoms. The van der Waals surface area contributed by atoms with Gasteiger partial charge in [0.2, 0.25) is 0 Å². The van der Waals surface area contributed by atoms with E-state index in [2.05, 4.69) is 5.32 Å². The Labute approximate surface area is 119 Å². The third-order valence-corrected chi connectivity index (χ3v) is 4.47. The molecule has 1 aliphatic heterocycles. The van der Waals surface area contributed by atoms with E-state index >= 15 is 0 Å². The minimum atomic E-state index is -0.690. The van der Waals surface area contributed by atoms with Crippen molar-refractivity contribution >= 4 is 17.5 Å². The zero-order chi connectivity index (χ0) is 14.2. The molecule has 0 radical (unpaired) electrons. The predicted octanol–water partition coefficient (Wildman–Crippen LogP) is 2.49. The summed E-state index contributed by atoms with van der Waals surface area (Å²) in [5.41, 5.74) is 0.648. The maximum absolute atomic E-state index is 13.0. The second kappa shape index (κ2) is 4.93. The van der Waals surface area contributed by atoms with Crippen LogP contribution in [0.4, 0.5) is 5.69 Å². The first-order valence-corrected chi connectivity index (χ1v) is 7.41. The summed E-state index contributed by atoms with van der Waals surface area (Å²) in [7, 11) is 0. The van der Waals surface area contributed by atoms with Gasteiger partial charge < -0.3 is 10.2 Å². The Hall–Kier alpha value is -1.84. The number of nitrogens with zero attached hydrogens (tertiary/aromatic N) is 1. The molecule has 0 aromatic heterocycles. The Bertz CT molecular complexity index is 547. The van der Waals surface area contributed by atoms with E-state index in [0.717, 1.165) is 37.8 Å². The highest BCUT2D eigenvalue weighted by Gasteiger charge is 2.46. The monoisotopic (exact) mass is 272 g/mol.